The van der Waals surface area contributed by atoms with Crippen LogP contribution in [-0.4, -0.2) is 37.6 Å². The number of hydrogen-bond acceptors (Lipinski definition) is 2. The Morgan fingerprint density at radius 2 is 2.00 bits per heavy atom. The molecule has 0 spiro atoms. The molecule has 2 heteroatoms. The molecule has 0 bridgehead atoms. The van der Waals surface area contributed by atoms with Gasteiger partial charge in [-0.2, -0.15) is 0 Å². The van der Waals surface area contributed by atoms with Crippen LogP contribution >= 0.6 is 0 Å². The third kappa shape index (κ3) is 3.91. The average Bonchev–Trinajstić information content (AvgIpc) is 2.19. The van der Waals surface area contributed by atoms with Crippen molar-refractivity contribution in [1.82, 2.24) is 10.2 Å². The molecule has 16 heavy (non-hydrogen) atoms. The number of nitrogens with one attached hydrogen (secondary N) is 1. The van der Waals surface area contributed by atoms with Crippen molar-refractivity contribution in [3.05, 3.63) is 12.7 Å². The maximum Gasteiger partial charge on any atom is 0.0327 e. The van der Waals surface area contributed by atoms with Gasteiger partial charge >= 0.3 is 0 Å². The van der Waals surface area contributed by atoms with Gasteiger partial charge < -0.3 is 10.2 Å². The second-order valence-electron chi connectivity index (χ2n) is 5.29. The second kappa shape index (κ2) is 7.08. The van der Waals surface area contributed by atoms with E-state index in [0.717, 1.165) is 0 Å². The molecule has 0 atom stereocenters. The van der Waals surface area contributed by atoms with Gasteiger partial charge in [-0.05, 0) is 59.2 Å². The Hall–Kier alpha value is -0.340. The van der Waals surface area contributed by atoms with Crippen LogP contribution in [0.5, 0.6) is 0 Å². The van der Waals surface area contributed by atoms with E-state index < -0.39 is 0 Å². The minimum absolute atomic E-state index is 0.473. The van der Waals surface area contributed by atoms with Crippen molar-refractivity contribution in [2.75, 3.05) is 27.2 Å². The summed E-state index contributed by atoms with van der Waals surface area (Å²) in [4.78, 5) is 2.40. The Kier molecular flexibility index (Phi) is 6.07. The van der Waals surface area contributed by atoms with Gasteiger partial charge in [-0.3, -0.25) is 0 Å². The van der Waals surface area contributed by atoms with Crippen molar-refractivity contribution in [3.63, 3.8) is 0 Å². The third-order valence-corrected chi connectivity index (χ3v) is 3.95. The summed E-state index contributed by atoms with van der Waals surface area (Å²) in [5.41, 5.74) is 0.473. The number of hydrogen-bond donors (Lipinski definition) is 1. The lowest BCUT2D eigenvalue weighted by atomic mass is 9.75. The van der Waals surface area contributed by atoms with Crippen molar-refractivity contribution in [2.24, 2.45) is 0 Å². The summed E-state index contributed by atoms with van der Waals surface area (Å²) in [6, 6.07) is 0. The van der Waals surface area contributed by atoms with E-state index in [4.69, 9.17) is 0 Å². The van der Waals surface area contributed by atoms with E-state index in [9.17, 15) is 0 Å². The van der Waals surface area contributed by atoms with Crippen LogP contribution < -0.4 is 5.32 Å². The average molecular weight is 224 g/mol. The SMILES string of the molecule is C=CCCCCCNCC1(N(C)C)CCC1. The summed E-state index contributed by atoms with van der Waals surface area (Å²) in [5, 5.41) is 3.62. The van der Waals surface area contributed by atoms with Gasteiger partial charge in [0.25, 0.3) is 0 Å². The molecule has 1 saturated carbocycles. The molecule has 0 radical (unpaired) electrons. The zero-order valence-electron chi connectivity index (χ0n) is 11.1. The summed E-state index contributed by atoms with van der Waals surface area (Å²) in [6.45, 7) is 6.09. The van der Waals surface area contributed by atoms with E-state index in [1.165, 1.54) is 58.0 Å². The lowest BCUT2D eigenvalue weighted by Crippen LogP contribution is -2.56. The van der Waals surface area contributed by atoms with Gasteiger partial charge in [0.2, 0.25) is 0 Å². The van der Waals surface area contributed by atoms with Gasteiger partial charge in [0.1, 0.15) is 0 Å². The maximum absolute atomic E-state index is 3.74. The molecule has 0 saturated heterocycles. The van der Waals surface area contributed by atoms with Crippen LogP contribution in [0.25, 0.3) is 0 Å². The van der Waals surface area contributed by atoms with Crippen LogP contribution in [0.3, 0.4) is 0 Å². The molecule has 1 aliphatic rings. The topological polar surface area (TPSA) is 15.3 Å². The van der Waals surface area contributed by atoms with E-state index >= 15 is 0 Å². The zero-order chi connectivity index (χ0) is 11.9. The van der Waals surface area contributed by atoms with E-state index in [2.05, 4.69) is 30.9 Å². The van der Waals surface area contributed by atoms with Crippen LogP contribution in [0.4, 0.5) is 0 Å². The minimum atomic E-state index is 0.473. The van der Waals surface area contributed by atoms with Crippen molar-refractivity contribution in [3.8, 4) is 0 Å². The molecule has 0 amide bonds. The highest BCUT2D eigenvalue weighted by atomic mass is 15.2. The molecule has 1 N–H and O–H groups in total. The summed E-state index contributed by atoms with van der Waals surface area (Å²) in [7, 11) is 4.43. The van der Waals surface area contributed by atoms with E-state index in [1.54, 1.807) is 0 Å². The minimum Gasteiger partial charge on any atom is -0.315 e. The van der Waals surface area contributed by atoms with Crippen molar-refractivity contribution >= 4 is 0 Å². The maximum atomic E-state index is 3.74. The van der Waals surface area contributed by atoms with E-state index in [1.807, 2.05) is 6.08 Å². The largest absolute Gasteiger partial charge is 0.315 e. The first-order chi connectivity index (χ1) is 7.71. The number of rotatable bonds is 9. The first kappa shape index (κ1) is 13.7. The highest BCUT2D eigenvalue weighted by Gasteiger charge is 2.38. The predicted molar refractivity (Wildman–Crippen MR) is 71.8 cm³/mol. The van der Waals surface area contributed by atoms with Gasteiger partial charge in [0.15, 0.2) is 0 Å². The molecule has 0 heterocycles. The Labute approximate surface area is 101 Å². The monoisotopic (exact) mass is 224 g/mol. The van der Waals surface area contributed by atoms with Gasteiger partial charge in [0.05, 0.1) is 0 Å². The van der Waals surface area contributed by atoms with Gasteiger partial charge in [0, 0.05) is 12.1 Å². The predicted octanol–water partition coefficient (Wildman–Crippen LogP) is 2.81. The standard InChI is InChI=1S/C14H28N2/c1-4-5-6-7-8-12-15-13-14(16(2)3)10-9-11-14/h4,15H,1,5-13H2,2-3H3. The van der Waals surface area contributed by atoms with Crippen molar-refractivity contribution < 1.29 is 0 Å². The van der Waals surface area contributed by atoms with Crippen LogP contribution in [0.2, 0.25) is 0 Å². The first-order valence-corrected chi connectivity index (χ1v) is 6.70. The quantitative estimate of drug-likeness (QED) is 0.478. The Morgan fingerprint density at radius 1 is 1.25 bits per heavy atom. The Balaban J connectivity index is 1.99. The first-order valence-electron chi connectivity index (χ1n) is 6.70. The van der Waals surface area contributed by atoms with Crippen LogP contribution in [0, 0.1) is 0 Å². The molecule has 2 nitrogen and oxygen atoms in total. The molecule has 0 aromatic carbocycles. The second-order valence-corrected chi connectivity index (χ2v) is 5.29. The Bertz CT molecular complexity index is 195. The fourth-order valence-electron chi connectivity index (χ4n) is 2.40. The highest BCUT2D eigenvalue weighted by Crippen LogP contribution is 2.35. The fraction of sp³-hybridized carbons (Fsp3) is 0.857. The van der Waals surface area contributed by atoms with Crippen molar-refractivity contribution in [2.45, 2.75) is 50.5 Å². The number of allylic oxidation sites excluding steroid dienone is 1. The van der Waals surface area contributed by atoms with Gasteiger partial charge in [-0.25, -0.2) is 0 Å². The van der Waals surface area contributed by atoms with Crippen LogP contribution in [-0.2, 0) is 0 Å². The van der Waals surface area contributed by atoms with Gasteiger partial charge in [-0.1, -0.05) is 12.5 Å². The van der Waals surface area contributed by atoms with Gasteiger partial charge in [-0.15, -0.1) is 6.58 Å². The van der Waals surface area contributed by atoms with Crippen LogP contribution in [0.1, 0.15) is 44.9 Å². The lowest BCUT2D eigenvalue weighted by Gasteiger charge is -2.47. The molecular formula is C14H28N2. The normalized spacial score (nSPS) is 18.4. The zero-order valence-corrected chi connectivity index (χ0v) is 11.1. The molecule has 0 unspecified atom stereocenters. The number of unbranched alkanes of at least 4 members (excludes halogenated alkanes) is 3. The third-order valence-electron chi connectivity index (χ3n) is 3.95. The lowest BCUT2D eigenvalue weighted by molar-refractivity contribution is 0.0602. The van der Waals surface area contributed by atoms with E-state index in [-0.39, 0.29) is 0 Å². The summed E-state index contributed by atoms with van der Waals surface area (Å²) in [5.74, 6) is 0. The van der Waals surface area contributed by atoms with Crippen molar-refractivity contribution in [1.29, 1.82) is 0 Å². The molecule has 1 aliphatic carbocycles. The smallest absolute Gasteiger partial charge is 0.0327 e. The highest BCUT2D eigenvalue weighted by molar-refractivity contribution is 4.97. The molecular weight excluding hydrogens is 196 g/mol. The van der Waals surface area contributed by atoms with E-state index in [0.29, 0.717) is 5.54 Å². The molecule has 94 valence electrons. The summed E-state index contributed by atoms with van der Waals surface area (Å²) < 4.78 is 0. The molecule has 0 aromatic rings. The molecule has 0 aliphatic heterocycles. The fourth-order valence-corrected chi connectivity index (χ4v) is 2.40. The summed E-state index contributed by atoms with van der Waals surface area (Å²) >= 11 is 0. The molecule has 1 rings (SSSR count). The molecule has 1 fully saturated rings. The summed E-state index contributed by atoms with van der Waals surface area (Å²) in [6.07, 6.45) is 11.2. The Morgan fingerprint density at radius 3 is 2.50 bits per heavy atom. The molecule has 0 aromatic heterocycles. The number of likely N-dealkylation sites (N-methyl/N-ethyl adjacent to an activating group) is 1. The number of nitrogens with zero attached hydrogens (tertiary/aromatic N) is 1. The van der Waals surface area contributed by atoms with Crippen LogP contribution in [0.15, 0.2) is 12.7 Å².